The minimum absolute atomic E-state index is 0.257. The van der Waals surface area contributed by atoms with E-state index in [1.807, 2.05) is 37.3 Å². The zero-order chi connectivity index (χ0) is 18.3. The van der Waals surface area contributed by atoms with Crippen LogP contribution in [0.15, 0.2) is 46.9 Å². The van der Waals surface area contributed by atoms with Crippen molar-refractivity contribution in [1.29, 1.82) is 0 Å². The van der Waals surface area contributed by atoms with Gasteiger partial charge in [0, 0.05) is 18.8 Å². The van der Waals surface area contributed by atoms with Crippen LogP contribution in [0.3, 0.4) is 0 Å². The summed E-state index contributed by atoms with van der Waals surface area (Å²) >= 11 is 0. The Morgan fingerprint density at radius 2 is 1.78 bits per heavy atom. The number of aromatic nitrogens is 2. The molecule has 0 spiro atoms. The van der Waals surface area contributed by atoms with Crippen LogP contribution < -0.4 is 9.47 Å². The maximum absolute atomic E-state index is 6.19. The van der Waals surface area contributed by atoms with Crippen molar-refractivity contribution in [3.05, 3.63) is 59.5 Å². The molecule has 2 aliphatic rings. The van der Waals surface area contributed by atoms with E-state index in [-0.39, 0.29) is 12.2 Å². The molecule has 3 aromatic rings. The molecule has 0 radical (unpaired) electrons. The summed E-state index contributed by atoms with van der Waals surface area (Å²) in [4.78, 5) is 0. The van der Waals surface area contributed by atoms with E-state index in [1.54, 1.807) is 0 Å². The van der Waals surface area contributed by atoms with E-state index in [9.17, 15) is 0 Å². The van der Waals surface area contributed by atoms with Gasteiger partial charge in [-0.15, -0.1) is 10.2 Å². The lowest BCUT2D eigenvalue weighted by atomic mass is 9.74. The number of hydrogen-bond acceptors (Lipinski definition) is 6. The highest BCUT2D eigenvalue weighted by atomic mass is 16.7. The average Bonchev–Trinajstić information content (AvgIpc) is 3.38. The largest absolute Gasteiger partial charge is 0.454 e. The predicted molar refractivity (Wildman–Crippen MR) is 97.9 cm³/mol. The van der Waals surface area contributed by atoms with Crippen LogP contribution in [-0.4, -0.2) is 30.2 Å². The molecule has 6 heteroatoms. The third-order valence-corrected chi connectivity index (χ3v) is 5.37. The Hall–Kier alpha value is -2.86. The zero-order valence-corrected chi connectivity index (χ0v) is 15.1. The molecule has 0 saturated carbocycles. The lowest BCUT2D eigenvalue weighted by Crippen LogP contribution is -2.35. The fraction of sp³-hybridized carbons (Fsp3) is 0.333. The Morgan fingerprint density at radius 1 is 0.926 bits per heavy atom. The molecular formula is C21H20N2O4. The first-order valence-electron chi connectivity index (χ1n) is 9.13. The first-order valence-corrected chi connectivity index (χ1v) is 9.13. The summed E-state index contributed by atoms with van der Waals surface area (Å²) in [5, 5.41) is 8.78. The van der Waals surface area contributed by atoms with E-state index < -0.39 is 0 Å². The van der Waals surface area contributed by atoms with Gasteiger partial charge in [-0.1, -0.05) is 23.8 Å². The quantitative estimate of drug-likeness (QED) is 0.703. The Balaban J connectivity index is 1.58. The molecule has 0 atom stereocenters. The maximum atomic E-state index is 6.19. The maximum Gasteiger partial charge on any atom is 0.247 e. The van der Waals surface area contributed by atoms with Gasteiger partial charge in [0.25, 0.3) is 0 Å². The van der Waals surface area contributed by atoms with Crippen molar-refractivity contribution in [3.63, 3.8) is 0 Å². The predicted octanol–water partition coefficient (Wildman–Crippen LogP) is 3.87. The molecule has 5 rings (SSSR count). The van der Waals surface area contributed by atoms with Crippen molar-refractivity contribution in [2.24, 2.45) is 0 Å². The highest BCUT2D eigenvalue weighted by Crippen LogP contribution is 2.44. The smallest absolute Gasteiger partial charge is 0.247 e. The number of fused-ring (bicyclic) bond motifs is 1. The van der Waals surface area contributed by atoms with E-state index >= 15 is 0 Å². The van der Waals surface area contributed by atoms with Crippen LogP contribution in [0.1, 0.15) is 29.9 Å². The van der Waals surface area contributed by atoms with Crippen LogP contribution in [0.5, 0.6) is 11.5 Å². The Morgan fingerprint density at radius 3 is 2.63 bits per heavy atom. The number of rotatable bonds is 3. The summed E-state index contributed by atoms with van der Waals surface area (Å²) in [7, 11) is 0. The lowest BCUT2D eigenvalue weighted by molar-refractivity contribution is 0.0545. The van der Waals surface area contributed by atoms with Gasteiger partial charge >= 0.3 is 0 Å². The topological polar surface area (TPSA) is 66.6 Å². The lowest BCUT2D eigenvalue weighted by Gasteiger charge is -2.34. The van der Waals surface area contributed by atoms with E-state index in [0.29, 0.717) is 25.0 Å². The first-order chi connectivity index (χ1) is 13.2. The third-order valence-electron chi connectivity index (χ3n) is 5.37. The van der Waals surface area contributed by atoms with Crippen molar-refractivity contribution in [2.75, 3.05) is 20.0 Å². The first kappa shape index (κ1) is 16.3. The SMILES string of the molecule is Cc1cccc(-c2nnc(C3(c4ccc5c(c4)OCO5)CCOCC3)o2)c1. The van der Waals surface area contributed by atoms with Crippen molar-refractivity contribution in [1.82, 2.24) is 10.2 Å². The molecule has 6 nitrogen and oxygen atoms in total. The number of benzene rings is 2. The fourth-order valence-corrected chi connectivity index (χ4v) is 3.85. The summed E-state index contributed by atoms with van der Waals surface area (Å²) in [6.07, 6.45) is 1.56. The molecular weight excluding hydrogens is 344 g/mol. The van der Waals surface area contributed by atoms with Crippen molar-refractivity contribution in [3.8, 4) is 23.0 Å². The number of hydrogen-bond donors (Lipinski definition) is 0. The summed E-state index contributed by atoms with van der Waals surface area (Å²) < 4.78 is 22.8. The van der Waals surface area contributed by atoms with Crippen LogP contribution >= 0.6 is 0 Å². The Bertz CT molecular complexity index is 976. The monoisotopic (exact) mass is 364 g/mol. The van der Waals surface area contributed by atoms with Crippen LogP contribution in [-0.2, 0) is 10.2 Å². The summed E-state index contributed by atoms with van der Waals surface area (Å²) in [5.74, 6) is 2.70. The second-order valence-electron chi connectivity index (χ2n) is 7.04. The van der Waals surface area contributed by atoms with Gasteiger partial charge in [0.15, 0.2) is 11.5 Å². The van der Waals surface area contributed by atoms with Crippen molar-refractivity contribution < 1.29 is 18.6 Å². The van der Waals surface area contributed by atoms with Crippen LogP contribution in [0, 0.1) is 6.92 Å². The van der Waals surface area contributed by atoms with Gasteiger partial charge in [0.1, 0.15) is 0 Å². The molecule has 1 aromatic heterocycles. The van der Waals surface area contributed by atoms with E-state index in [1.165, 1.54) is 0 Å². The molecule has 3 heterocycles. The van der Waals surface area contributed by atoms with Gasteiger partial charge in [0.05, 0.1) is 5.41 Å². The molecule has 1 saturated heterocycles. The molecule has 0 bridgehead atoms. The summed E-state index contributed by atoms with van der Waals surface area (Å²) in [5.41, 5.74) is 2.80. The Kier molecular flexibility index (Phi) is 3.86. The van der Waals surface area contributed by atoms with Crippen molar-refractivity contribution >= 4 is 0 Å². The van der Waals surface area contributed by atoms with E-state index in [0.717, 1.165) is 41.0 Å². The molecule has 0 N–H and O–H groups in total. The van der Waals surface area contributed by atoms with Gasteiger partial charge in [0.2, 0.25) is 18.6 Å². The van der Waals surface area contributed by atoms with Crippen LogP contribution in [0.25, 0.3) is 11.5 Å². The summed E-state index contributed by atoms with van der Waals surface area (Å²) in [6, 6.07) is 14.1. The standard InChI is InChI=1S/C21H20N2O4/c1-14-3-2-4-15(11-14)19-22-23-20(27-19)21(7-9-24-10-8-21)16-5-6-17-18(12-16)26-13-25-17/h2-6,11-12H,7-10,13H2,1H3. The molecule has 27 heavy (non-hydrogen) atoms. The van der Waals surface area contributed by atoms with Gasteiger partial charge in [-0.25, -0.2) is 0 Å². The molecule has 2 aliphatic heterocycles. The highest BCUT2D eigenvalue weighted by molar-refractivity contribution is 5.54. The molecule has 1 fully saturated rings. The minimum atomic E-state index is -0.381. The van der Waals surface area contributed by atoms with Gasteiger partial charge in [-0.3, -0.25) is 0 Å². The normalized spacial score (nSPS) is 17.8. The zero-order valence-electron chi connectivity index (χ0n) is 15.1. The molecule has 2 aromatic carbocycles. The Labute approximate surface area is 157 Å². The minimum Gasteiger partial charge on any atom is -0.454 e. The molecule has 138 valence electrons. The number of ether oxygens (including phenoxy) is 3. The third kappa shape index (κ3) is 2.77. The van der Waals surface area contributed by atoms with Crippen molar-refractivity contribution in [2.45, 2.75) is 25.2 Å². The number of aryl methyl sites for hydroxylation is 1. The highest BCUT2D eigenvalue weighted by Gasteiger charge is 2.42. The fourth-order valence-electron chi connectivity index (χ4n) is 3.85. The number of nitrogens with zero attached hydrogens (tertiary/aromatic N) is 2. The molecule has 0 unspecified atom stereocenters. The van der Waals surface area contributed by atoms with Gasteiger partial charge in [-0.05, 0) is 49.6 Å². The average molecular weight is 364 g/mol. The van der Waals surface area contributed by atoms with E-state index in [4.69, 9.17) is 18.6 Å². The molecule has 0 amide bonds. The second kappa shape index (κ2) is 6.39. The van der Waals surface area contributed by atoms with Crippen LogP contribution in [0.4, 0.5) is 0 Å². The molecule has 0 aliphatic carbocycles. The van der Waals surface area contributed by atoms with E-state index in [2.05, 4.69) is 22.3 Å². The summed E-state index contributed by atoms with van der Waals surface area (Å²) in [6.45, 7) is 3.60. The van der Waals surface area contributed by atoms with Crippen LogP contribution in [0.2, 0.25) is 0 Å². The second-order valence-corrected chi connectivity index (χ2v) is 7.04. The van der Waals surface area contributed by atoms with Gasteiger partial charge in [-0.2, -0.15) is 0 Å². The van der Waals surface area contributed by atoms with Gasteiger partial charge < -0.3 is 18.6 Å².